The minimum Gasteiger partial charge on any atom is -0.349 e. The molecule has 0 atom stereocenters. The van der Waals surface area contributed by atoms with Crippen LogP contribution in [0.25, 0.3) is 0 Å². The maximum Gasteiger partial charge on any atom is 0.433 e. The first-order valence-corrected chi connectivity index (χ1v) is 6.07. The van der Waals surface area contributed by atoms with E-state index in [1.807, 2.05) is 0 Å². The van der Waals surface area contributed by atoms with Crippen LogP contribution in [0.5, 0.6) is 0 Å². The molecule has 0 aromatic carbocycles. The minimum atomic E-state index is -4.61. The second-order valence-electron chi connectivity index (χ2n) is 5.73. The molecule has 0 bridgehead atoms. The number of aromatic nitrogens is 2. The van der Waals surface area contributed by atoms with Crippen LogP contribution in [0, 0.1) is 0 Å². The van der Waals surface area contributed by atoms with E-state index in [2.05, 4.69) is 10.4 Å². The molecule has 1 amide bonds. The number of alkyl halides is 3. The lowest BCUT2D eigenvalue weighted by Gasteiger charge is -2.23. The van der Waals surface area contributed by atoms with E-state index in [9.17, 15) is 18.0 Å². The Labute approximate surface area is 109 Å². The summed E-state index contributed by atoms with van der Waals surface area (Å²) >= 11 is 0. The fourth-order valence-corrected chi connectivity index (χ4v) is 1.79. The van der Waals surface area contributed by atoms with E-state index in [-0.39, 0.29) is 6.04 Å². The highest BCUT2D eigenvalue weighted by atomic mass is 19.4. The van der Waals surface area contributed by atoms with Gasteiger partial charge in [-0.05, 0) is 33.6 Å². The van der Waals surface area contributed by atoms with Gasteiger partial charge < -0.3 is 5.32 Å². The maximum atomic E-state index is 13.1. The van der Waals surface area contributed by atoms with Crippen molar-refractivity contribution in [2.45, 2.75) is 51.4 Å². The molecule has 1 fully saturated rings. The number of halogens is 3. The SMILES string of the molecule is CC(C)(C)n1ncc(C(=O)NC2CC2)c1C(F)(F)F. The van der Waals surface area contributed by atoms with Gasteiger partial charge in [0.15, 0.2) is 5.69 Å². The summed E-state index contributed by atoms with van der Waals surface area (Å²) in [6.07, 6.45) is -1.98. The number of amides is 1. The maximum absolute atomic E-state index is 13.1. The average molecular weight is 275 g/mol. The van der Waals surface area contributed by atoms with Crippen LogP contribution in [0.4, 0.5) is 13.2 Å². The summed E-state index contributed by atoms with van der Waals surface area (Å²) in [7, 11) is 0. The van der Waals surface area contributed by atoms with Crippen molar-refractivity contribution in [3.63, 3.8) is 0 Å². The first kappa shape index (κ1) is 13.9. The summed E-state index contributed by atoms with van der Waals surface area (Å²) in [4.78, 5) is 11.8. The number of carbonyl (C=O) groups is 1. The molecule has 1 aliphatic rings. The van der Waals surface area contributed by atoms with Crippen LogP contribution in [0.2, 0.25) is 0 Å². The average Bonchev–Trinajstić information content (AvgIpc) is 2.90. The third-order valence-corrected chi connectivity index (χ3v) is 2.83. The molecular formula is C12H16F3N3O. The minimum absolute atomic E-state index is 0.00608. The molecule has 19 heavy (non-hydrogen) atoms. The standard InChI is InChI=1S/C12H16F3N3O/c1-11(2,3)18-9(12(13,14)15)8(6-16-18)10(19)17-7-4-5-7/h6-7H,4-5H2,1-3H3,(H,17,19). The van der Waals surface area contributed by atoms with Gasteiger partial charge in [0.05, 0.1) is 17.3 Å². The predicted molar refractivity (Wildman–Crippen MR) is 62.7 cm³/mol. The fraction of sp³-hybridized carbons (Fsp3) is 0.667. The van der Waals surface area contributed by atoms with Crippen LogP contribution in [0.15, 0.2) is 6.20 Å². The fourth-order valence-electron chi connectivity index (χ4n) is 1.79. The Morgan fingerprint density at radius 2 is 1.95 bits per heavy atom. The Bertz CT molecular complexity index is 495. The number of hydrogen-bond donors (Lipinski definition) is 1. The molecule has 0 radical (unpaired) electrons. The van der Waals surface area contributed by atoms with Gasteiger partial charge in [0, 0.05) is 6.04 Å². The van der Waals surface area contributed by atoms with Crippen LogP contribution in [0.3, 0.4) is 0 Å². The van der Waals surface area contributed by atoms with Gasteiger partial charge in [0.1, 0.15) is 0 Å². The Morgan fingerprint density at radius 3 is 2.37 bits per heavy atom. The molecule has 1 aromatic heterocycles. The second-order valence-corrected chi connectivity index (χ2v) is 5.73. The molecule has 1 heterocycles. The summed E-state index contributed by atoms with van der Waals surface area (Å²) in [6.45, 7) is 4.83. The molecule has 1 saturated carbocycles. The van der Waals surface area contributed by atoms with Crippen LogP contribution < -0.4 is 5.32 Å². The summed E-state index contributed by atoms with van der Waals surface area (Å²) in [5, 5.41) is 6.29. The third kappa shape index (κ3) is 2.90. The highest BCUT2D eigenvalue weighted by Crippen LogP contribution is 2.35. The molecule has 0 saturated heterocycles. The molecule has 1 aromatic rings. The van der Waals surface area contributed by atoms with E-state index in [1.54, 1.807) is 20.8 Å². The highest BCUT2D eigenvalue weighted by molar-refractivity contribution is 5.95. The predicted octanol–water partition coefficient (Wildman–Crippen LogP) is 2.55. The van der Waals surface area contributed by atoms with Gasteiger partial charge in [-0.15, -0.1) is 0 Å². The largest absolute Gasteiger partial charge is 0.433 e. The Kier molecular flexibility index (Phi) is 3.10. The molecule has 7 heteroatoms. The normalized spacial score (nSPS) is 16.5. The van der Waals surface area contributed by atoms with E-state index in [0.29, 0.717) is 0 Å². The molecule has 1 N–H and O–H groups in total. The quantitative estimate of drug-likeness (QED) is 0.901. The number of hydrogen-bond acceptors (Lipinski definition) is 2. The summed E-state index contributed by atoms with van der Waals surface area (Å²) in [5.74, 6) is -0.703. The van der Waals surface area contributed by atoms with Crippen LogP contribution in [-0.2, 0) is 11.7 Å². The summed E-state index contributed by atoms with van der Waals surface area (Å²) < 4.78 is 40.3. The van der Waals surface area contributed by atoms with Gasteiger partial charge in [-0.3, -0.25) is 9.48 Å². The van der Waals surface area contributed by atoms with Crippen molar-refractivity contribution >= 4 is 5.91 Å². The topological polar surface area (TPSA) is 46.9 Å². The summed E-state index contributed by atoms with van der Waals surface area (Å²) in [6, 6.07) is 0.00608. The Balaban J connectivity index is 2.43. The lowest BCUT2D eigenvalue weighted by Crippen LogP contribution is -2.32. The van der Waals surface area contributed by atoms with Crippen molar-refractivity contribution < 1.29 is 18.0 Å². The van der Waals surface area contributed by atoms with E-state index in [0.717, 1.165) is 23.7 Å². The lowest BCUT2D eigenvalue weighted by molar-refractivity contribution is -0.146. The van der Waals surface area contributed by atoms with Crippen molar-refractivity contribution in [3.05, 3.63) is 17.5 Å². The molecule has 2 rings (SSSR count). The molecule has 106 valence electrons. The first-order chi connectivity index (χ1) is 8.60. The van der Waals surface area contributed by atoms with Gasteiger partial charge >= 0.3 is 6.18 Å². The van der Waals surface area contributed by atoms with Crippen molar-refractivity contribution in [2.75, 3.05) is 0 Å². The second kappa shape index (κ2) is 4.25. The lowest BCUT2D eigenvalue weighted by atomic mass is 10.1. The zero-order valence-electron chi connectivity index (χ0n) is 11.0. The molecule has 0 unspecified atom stereocenters. The van der Waals surface area contributed by atoms with Crippen LogP contribution >= 0.6 is 0 Å². The first-order valence-electron chi connectivity index (χ1n) is 6.07. The van der Waals surface area contributed by atoms with Crippen LogP contribution in [0.1, 0.15) is 49.7 Å². The smallest absolute Gasteiger partial charge is 0.349 e. The Morgan fingerprint density at radius 1 is 1.37 bits per heavy atom. The van der Waals surface area contributed by atoms with Gasteiger partial charge in [-0.1, -0.05) is 0 Å². The molecule has 0 spiro atoms. The molecule has 1 aliphatic carbocycles. The van der Waals surface area contributed by atoms with Gasteiger partial charge in [0.2, 0.25) is 0 Å². The number of carbonyl (C=O) groups excluding carboxylic acids is 1. The van der Waals surface area contributed by atoms with Gasteiger partial charge in [0.25, 0.3) is 5.91 Å². The summed E-state index contributed by atoms with van der Waals surface area (Å²) in [5.41, 5.74) is -2.24. The van der Waals surface area contributed by atoms with Crippen molar-refractivity contribution in [3.8, 4) is 0 Å². The van der Waals surface area contributed by atoms with E-state index >= 15 is 0 Å². The zero-order chi connectivity index (χ0) is 14.4. The monoisotopic (exact) mass is 275 g/mol. The van der Waals surface area contributed by atoms with E-state index in [4.69, 9.17) is 0 Å². The number of rotatable bonds is 2. The van der Waals surface area contributed by atoms with Crippen LogP contribution in [-0.4, -0.2) is 21.7 Å². The van der Waals surface area contributed by atoms with Gasteiger partial charge in [-0.2, -0.15) is 18.3 Å². The molecule has 0 aliphatic heterocycles. The van der Waals surface area contributed by atoms with Crippen molar-refractivity contribution in [1.82, 2.24) is 15.1 Å². The van der Waals surface area contributed by atoms with Crippen molar-refractivity contribution in [2.24, 2.45) is 0 Å². The third-order valence-electron chi connectivity index (χ3n) is 2.83. The highest BCUT2D eigenvalue weighted by Gasteiger charge is 2.42. The molecule has 4 nitrogen and oxygen atoms in total. The van der Waals surface area contributed by atoms with E-state index < -0.39 is 28.9 Å². The van der Waals surface area contributed by atoms with Crippen molar-refractivity contribution in [1.29, 1.82) is 0 Å². The van der Waals surface area contributed by atoms with Gasteiger partial charge in [-0.25, -0.2) is 0 Å². The molecular weight excluding hydrogens is 259 g/mol. The number of nitrogens with zero attached hydrogens (tertiary/aromatic N) is 2. The Hall–Kier alpha value is -1.53. The number of nitrogens with one attached hydrogen (secondary N) is 1. The zero-order valence-corrected chi connectivity index (χ0v) is 11.0. The van der Waals surface area contributed by atoms with E-state index in [1.165, 1.54) is 0 Å².